The molecule has 1 aromatic carbocycles. The van der Waals surface area contributed by atoms with Crippen LogP contribution in [-0.2, 0) is 11.3 Å². The Hall–Kier alpha value is -1.12. The lowest BCUT2D eigenvalue weighted by atomic mass is 10.2. The van der Waals surface area contributed by atoms with E-state index in [9.17, 15) is 0 Å². The minimum atomic E-state index is 0.100. The molecule has 1 atom stereocenters. The Morgan fingerprint density at radius 3 is 2.73 bits per heavy atom. The second kappa shape index (κ2) is 7.21. The van der Waals surface area contributed by atoms with Gasteiger partial charge in [0.25, 0.3) is 0 Å². The summed E-state index contributed by atoms with van der Waals surface area (Å²) in [4.78, 5) is 0. The third kappa shape index (κ3) is 5.35. The van der Waals surface area contributed by atoms with Gasteiger partial charge in [-0.25, -0.2) is 0 Å². The number of benzene rings is 1. The zero-order valence-corrected chi connectivity index (χ0v) is 9.10. The highest BCUT2D eigenvalue weighted by Gasteiger charge is 1.97. The molecule has 0 aliphatic carbocycles. The van der Waals surface area contributed by atoms with Gasteiger partial charge >= 0.3 is 0 Å². The van der Waals surface area contributed by atoms with E-state index in [1.54, 1.807) is 6.08 Å². The van der Waals surface area contributed by atoms with Crippen molar-refractivity contribution >= 4 is 0 Å². The van der Waals surface area contributed by atoms with E-state index in [-0.39, 0.29) is 6.61 Å². The summed E-state index contributed by atoms with van der Waals surface area (Å²) in [6.07, 6.45) is 3.71. The van der Waals surface area contributed by atoms with Crippen molar-refractivity contribution in [2.45, 2.75) is 13.5 Å². The van der Waals surface area contributed by atoms with Gasteiger partial charge < -0.3 is 9.84 Å². The highest BCUT2D eigenvalue weighted by molar-refractivity contribution is 5.13. The van der Waals surface area contributed by atoms with Gasteiger partial charge in [-0.3, -0.25) is 0 Å². The van der Waals surface area contributed by atoms with Crippen molar-refractivity contribution < 1.29 is 9.84 Å². The van der Waals surface area contributed by atoms with Gasteiger partial charge in [-0.1, -0.05) is 49.4 Å². The molecular weight excluding hydrogens is 188 g/mol. The number of rotatable bonds is 6. The average molecular weight is 206 g/mol. The summed E-state index contributed by atoms with van der Waals surface area (Å²) in [5.41, 5.74) is 1.19. The van der Waals surface area contributed by atoms with Crippen LogP contribution in [0.25, 0.3) is 0 Å². The van der Waals surface area contributed by atoms with Gasteiger partial charge in [0.05, 0.1) is 19.8 Å². The number of ether oxygens (including phenoxy) is 1. The van der Waals surface area contributed by atoms with Crippen molar-refractivity contribution in [3.63, 3.8) is 0 Å². The summed E-state index contributed by atoms with van der Waals surface area (Å²) >= 11 is 0. The van der Waals surface area contributed by atoms with Crippen LogP contribution in [0.3, 0.4) is 0 Å². The fourth-order valence-corrected chi connectivity index (χ4v) is 1.29. The molecule has 15 heavy (non-hydrogen) atoms. The molecule has 0 saturated carbocycles. The number of hydrogen-bond donors (Lipinski definition) is 1. The van der Waals surface area contributed by atoms with Crippen LogP contribution >= 0.6 is 0 Å². The molecule has 1 rings (SSSR count). The van der Waals surface area contributed by atoms with Crippen molar-refractivity contribution in [2.24, 2.45) is 5.92 Å². The molecule has 82 valence electrons. The van der Waals surface area contributed by atoms with E-state index in [2.05, 4.69) is 6.92 Å². The lowest BCUT2D eigenvalue weighted by Crippen LogP contribution is -2.03. The normalized spacial score (nSPS) is 13.2. The first-order chi connectivity index (χ1) is 7.33. The van der Waals surface area contributed by atoms with Gasteiger partial charge in [-0.2, -0.15) is 0 Å². The van der Waals surface area contributed by atoms with Crippen LogP contribution in [0.2, 0.25) is 0 Å². The Morgan fingerprint density at radius 2 is 2.07 bits per heavy atom. The quantitative estimate of drug-likeness (QED) is 0.724. The molecule has 2 nitrogen and oxygen atoms in total. The van der Waals surface area contributed by atoms with Gasteiger partial charge in [0.15, 0.2) is 0 Å². The molecule has 1 N–H and O–H groups in total. The summed E-state index contributed by atoms with van der Waals surface area (Å²) in [6, 6.07) is 10.1. The van der Waals surface area contributed by atoms with Crippen LogP contribution in [0, 0.1) is 5.92 Å². The molecule has 0 fully saturated rings. The van der Waals surface area contributed by atoms with Crippen LogP contribution < -0.4 is 0 Å². The van der Waals surface area contributed by atoms with Crippen LogP contribution in [-0.4, -0.2) is 18.3 Å². The van der Waals surface area contributed by atoms with Gasteiger partial charge in [0, 0.05) is 0 Å². The van der Waals surface area contributed by atoms with E-state index in [1.807, 2.05) is 36.4 Å². The minimum absolute atomic E-state index is 0.100. The molecule has 2 heteroatoms. The largest absolute Gasteiger partial charge is 0.392 e. The fourth-order valence-electron chi connectivity index (χ4n) is 1.29. The summed E-state index contributed by atoms with van der Waals surface area (Å²) in [5, 5.41) is 8.59. The maximum atomic E-state index is 8.59. The number of aliphatic hydroxyl groups excluding tert-OH is 1. The van der Waals surface area contributed by atoms with E-state index in [0.717, 1.165) is 0 Å². The Balaban J connectivity index is 2.19. The van der Waals surface area contributed by atoms with E-state index in [4.69, 9.17) is 9.84 Å². The Kier molecular flexibility index (Phi) is 5.74. The first-order valence-corrected chi connectivity index (χ1v) is 5.22. The predicted molar refractivity (Wildman–Crippen MR) is 61.5 cm³/mol. The molecule has 0 aliphatic heterocycles. The second-order valence-corrected chi connectivity index (χ2v) is 3.59. The van der Waals surface area contributed by atoms with Gasteiger partial charge in [-0.05, 0) is 11.5 Å². The van der Waals surface area contributed by atoms with E-state index in [1.165, 1.54) is 5.56 Å². The molecule has 0 saturated heterocycles. The standard InChI is InChI=1S/C13H18O2/c1-12(6-5-9-14)10-15-11-13-7-3-2-4-8-13/h2-8,12,14H,9-11H2,1H3/b6-5-/t12-/m0/s1. The third-order valence-electron chi connectivity index (χ3n) is 2.06. The monoisotopic (exact) mass is 206 g/mol. The lowest BCUT2D eigenvalue weighted by molar-refractivity contribution is 0.104. The molecule has 1 aromatic rings. The minimum Gasteiger partial charge on any atom is -0.392 e. The van der Waals surface area contributed by atoms with Gasteiger partial charge in [0.1, 0.15) is 0 Å². The molecule has 0 radical (unpaired) electrons. The van der Waals surface area contributed by atoms with Crippen molar-refractivity contribution in [1.82, 2.24) is 0 Å². The SMILES string of the molecule is C[C@@H](/C=C\CO)COCc1ccccc1. The third-order valence-corrected chi connectivity index (χ3v) is 2.06. The smallest absolute Gasteiger partial charge is 0.0717 e. The first-order valence-electron chi connectivity index (χ1n) is 5.22. The Labute approximate surface area is 91.2 Å². The highest BCUT2D eigenvalue weighted by Crippen LogP contribution is 2.03. The molecule has 0 spiro atoms. The maximum Gasteiger partial charge on any atom is 0.0717 e. The molecule has 0 aromatic heterocycles. The molecule has 0 aliphatic rings. The van der Waals surface area contributed by atoms with Crippen molar-refractivity contribution in [2.75, 3.05) is 13.2 Å². The molecule has 0 bridgehead atoms. The summed E-state index contributed by atoms with van der Waals surface area (Å²) in [6.45, 7) is 3.50. The predicted octanol–water partition coefficient (Wildman–Crippen LogP) is 2.39. The van der Waals surface area contributed by atoms with Gasteiger partial charge in [0.2, 0.25) is 0 Å². The zero-order valence-electron chi connectivity index (χ0n) is 9.10. The number of aliphatic hydroxyl groups is 1. The van der Waals surface area contributed by atoms with Gasteiger partial charge in [-0.15, -0.1) is 0 Å². The zero-order chi connectivity index (χ0) is 10.9. The Morgan fingerprint density at radius 1 is 1.33 bits per heavy atom. The summed E-state index contributed by atoms with van der Waals surface area (Å²) in [5.74, 6) is 0.348. The second-order valence-electron chi connectivity index (χ2n) is 3.59. The molecule has 0 unspecified atom stereocenters. The van der Waals surface area contributed by atoms with Crippen molar-refractivity contribution in [1.29, 1.82) is 0 Å². The molecule has 0 heterocycles. The highest BCUT2D eigenvalue weighted by atomic mass is 16.5. The van der Waals surface area contributed by atoms with E-state index in [0.29, 0.717) is 19.1 Å². The van der Waals surface area contributed by atoms with E-state index >= 15 is 0 Å². The Bertz CT molecular complexity index is 280. The topological polar surface area (TPSA) is 29.5 Å². The van der Waals surface area contributed by atoms with Crippen LogP contribution in [0.4, 0.5) is 0 Å². The van der Waals surface area contributed by atoms with Crippen LogP contribution in [0.5, 0.6) is 0 Å². The van der Waals surface area contributed by atoms with Crippen LogP contribution in [0.15, 0.2) is 42.5 Å². The van der Waals surface area contributed by atoms with Crippen LogP contribution in [0.1, 0.15) is 12.5 Å². The molecular formula is C13H18O2. The summed E-state index contributed by atoms with van der Waals surface area (Å²) < 4.78 is 5.55. The number of hydrogen-bond acceptors (Lipinski definition) is 2. The first kappa shape index (κ1) is 12.0. The summed E-state index contributed by atoms with van der Waals surface area (Å²) in [7, 11) is 0. The maximum absolute atomic E-state index is 8.59. The fraction of sp³-hybridized carbons (Fsp3) is 0.385. The van der Waals surface area contributed by atoms with Crippen molar-refractivity contribution in [3.05, 3.63) is 48.0 Å². The lowest BCUT2D eigenvalue weighted by Gasteiger charge is -2.07. The van der Waals surface area contributed by atoms with Crippen molar-refractivity contribution in [3.8, 4) is 0 Å². The van der Waals surface area contributed by atoms with E-state index < -0.39 is 0 Å². The average Bonchev–Trinajstić information content (AvgIpc) is 2.28. The molecule has 0 amide bonds.